The second-order valence-electron chi connectivity index (χ2n) is 16.4. The van der Waals surface area contributed by atoms with E-state index in [0.29, 0.717) is 0 Å². The minimum absolute atomic E-state index is 0.0506. The molecular formula is C54H40. The summed E-state index contributed by atoms with van der Waals surface area (Å²) in [6.07, 6.45) is 0. The maximum Gasteiger partial charge on any atom is 0.0159 e. The Hall–Kier alpha value is -6.24. The van der Waals surface area contributed by atoms with Gasteiger partial charge in [0.2, 0.25) is 0 Å². The normalized spacial score (nSPS) is 14.6. The Morgan fingerprint density at radius 2 is 0.685 bits per heavy atom. The van der Waals surface area contributed by atoms with Gasteiger partial charge in [-0.25, -0.2) is 0 Å². The fourth-order valence-corrected chi connectivity index (χ4v) is 10.2. The van der Waals surface area contributed by atoms with Gasteiger partial charge in [-0.2, -0.15) is 0 Å². The first kappa shape index (κ1) is 31.3. The number of hydrogen-bond acceptors (Lipinski definition) is 0. The summed E-state index contributed by atoms with van der Waals surface area (Å²) in [4.78, 5) is 0. The maximum absolute atomic E-state index is 2.56. The van der Waals surface area contributed by atoms with Gasteiger partial charge < -0.3 is 0 Å². The van der Waals surface area contributed by atoms with Crippen molar-refractivity contribution in [3.63, 3.8) is 0 Å². The van der Waals surface area contributed by atoms with Crippen molar-refractivity contribution in [2.45, 2.75) is 38.5 Å². The van der Waals surface area contributed by atoms with E-state index in [1.54, 1.807) is 0 Å². The third-order valence-corrected chi connectivity index (χ3v) is 12.9. The topological polar surface area (TPSA) is 0 Å². The summed E-state index contributed by atoms with van der Waals surface area (Å²) < 4.78 is 0. The van der Waals surface area contributed by atoms with Crippen LogP contribution in [0.2, 0.25) is 0 Å². The molecule has 0 heteroatoms. The fraction of sp³-hybridized carbons (Fsp3) is 0.111. The summed E-state index contributed by atoms with van der Waals surface area (Å²) >= 11 is 0. The van der Waals surface area contributed by atoms with Crippen LogP contribution in [0, 0.1) is 0 Å². The Morgan fingerprint density at radius 3 is 1.33 bits per heavy atom. The van der Waals surface area contributed by atoms with Gasteiger partial charge in [-0.15, -0.1) is 0 Å². The molecule has 0 nitrogen and oxygen atoms in total. The van der Waals surface area contributed by atoms with Crippen LogP contribution in [0.15, 0.2) is 170 Å². The van der Waals surface area contributed by atoms with Gasteiger partial charge in [-0.3, -0.25) is 0 Å². The van der Waals surface area contributed by atoms with Gasteiger partial charge in [-0.1, -0.05) is 179 Å². The predicted molar refractivity (Wildman–Crippen MR) is 230 cm³/mol. The van der Waals surface area contributed by atoms with E-state index in [-0.39, 0.29) is 10.8 Å². The zero-order valence-corrected chi connectivity index (χ0v) is 31.2. The number of benzene rings is 9. The second-order valence-corrected chi connectivity index (χ2v) is 16.4. The van der Waals surface area contributed by atoms with Gasteiger partial charge in [-0.05, 0) is 128 Å². The lowest BCUT2D eigenvalue weighted by Crippen LogP contribution is -2.17. The minimum atomic E-state index is -0.174. The molecule has 256 valence electrons. The molecule has 0 atom stereocenters. The first-order valence-corrected chi connectivity index (χ1v) is 19.3. The molecule has 11 rings (SSSR count). The maximum atomic E-state index is 2.56. The molecule has 0 amide bonds. The lowest BCUT2D eigenvalue weighted by Gasteiger charge is -2.25. The first-order chi connectivity index (χ1) is 26.3. The summed E-state index contributed by atoms with van der Waals surface area (Å²) in [5.41, 5.74) is 18.7. The molecule has 2 aliphatic carbocycles. The summed E-state index contributed by atoms with van der Waals surface area (Å²) in [6, 6.07) is 63.8. The molecule has 0 aromatic heterocycles. The van der Waals surface area contributed by atoms with Gasteiger partial charge in [0.1, 0.15) is 0 Å². The zero-order valence-electron chi connectivity index (χ0n) is 31.2. The van der Waals surface area contributed by atoms with Gasteiger partial charge in [0.25, 0.3) is 0 Å². The van der Waals surface area contributed by atoms with E-state index in [9.17, 15) is 0 Å². The van der Waals surface area contributed by atoms with E-state index in [0.717, 1.165) is 0 Å². The third kappa shape index (κ3) is 4.20. The predicted octanol–water partition coefficient (Wildman–Crippen LogP) is 14.8. The van der Waals surface area contributed by atoms with Crippen molar-refractivity contribution in [3.05, 3.63) is 192 Å². The Kier molecular flexibility index (Phi) is 6.46. The van der Waals surface area contributed by atoms with Crippen molar-refractivity contribution in [2.75, 3.05) is 0 Å². The molecule has 54 heavy (non-hydrogen) atoms. The molecule has 0 N–H and O–H groups in total. The number of rotatable bonds is 3. The molecule has 2 aliphatic rings. The molecular weight excluding hydrogens is 649 g/mol. The van der Waals surface area contributed by atoms with E-state index >= 15 is 0 Å². The van der Waals surface area contributed by atoms with Crippen LogP contribution in [0.4, 0.5) is 0 Å². The highest BCUT2D eigenvalue weighted by molar-refractivity contribution is 6.24. The molecule has 0 aliphatic heterocycles. The summed E-state index contributed by atoms with van der Waals surface area (Å²) in [7, 11) is 0. The molecule has 9 aromatic carbocycles. The van der Waals surface area contributed by atoms with Crippen LogP contribution in [-0.2, 0) is 10.8 Å². The second kappa shape index (κ2) is 11.1. The highest BCUT2D eigenvalue weighted by atomic mass is 14.5. The highest BCUT2D eigenvalue weighted by Crippen LogP contribution is 2.59. The van der Waals surface area contributed by atoms with Gasteiger partial charge in [0.05, 0.1) is 0 Å². The smallest absolute Gasteiger partial charge is 0.0159 e. The highest BCUT2D eigenvalue weighted by Gasteiger charge is 2.42. The monoisotopic (exact) mass is 688 g/mol. The quantitative estimate of drug-likeness (QED) is 0.162. The van der Waals surface area contributed by atoms with E-state index in [1.807, 2.05) is 0 Å². The molecule has 0 saturated carbocycles. The van der Waals surface area contributed by atoms with Crippen molar-refractivity contribution in [1.29, 1.82) is 0 Å². The van der Waals surface area contributed by atoms with E-state index in [4.69, 9.17) is 0 Å². The average Bonchev–Trinajstić information content (AvgIpc) is 3.58. The average molecular weight is 689 g/mol. The van der Waals surface area contributed by atoms with Crippen LogP contribution in [0.1, 0.15) is 49.9 Å². The van der Waals surface area contributed by atoms with E-state index < -0.39 is 0 Å². The molecule has 0 heterocycles. The molecule has 0 saturated heterocycles. The Labute approximate surface area is 317 Å². The van der Waals surface area contributed by atoms with E-state index in [1.165, 1.54) is 110 Å². The summed E-state index contributed by atoms with van der Waals surface area (Å²) in [6.45, 7) is 9.66. The van der Waals surface area contributed by atoms with Crippen molar-refractivity contribution in [1.82, 2.24) is 0 Å². The molecule has 0 radical (unpaired) electrons. The minimum Gasteiger partial charge on any atom is -0.0622 e. The van der Waals surface area contributed by atoms with Crippen molar-refractivity contribution < 1.29 is 0 Å². The first-order valence-electron chi connectivity index (χ1n) is 19.3. The van der Waals surface area contributed by atoms with Crippen LogP contribution >= 0.6 is 0 Å². The largest absolute Gasteiger partial charge is 0.0622 e. The van der Waals surface area contributed by atoms with Crippen molar-refractivity contribution >= 4 is 32.3 Å². The van der Waals surface area contributed by atoms with E-state index in [2.05, 4.69) is 198 Å². The standard InChI is InChI=1S/C54H40/c1-53(2)46-25-15-14-19-37(46)43-30-48-45(32-47(43)53)52-38-20-9-8-18-36(38)44(31-49(52)54(48,3)4)51-41-23-12-10-21-39(41)50(40-22-11-13-24-42(40)51)35-28-26-34(27-29-35)33-16-6-5-7-17-33/h5-32H,1-4H3. The number of hydrogen-bond donors (Lipinski definition) is 0. The van der Waals surface area contributed by atoms with Gasteiger partial charge >= 0.3 is 0 Å². The van der Waals surface area contributed by atoms with Crippen LogP contribution in [-0.4, -0.2) is 0 Å². The van der Waals surface area contributed by atoms with Crippen LogP contribution in [0.3, 0.4) is 0 Å². The molecule has 0 bridgehead atoms. The lowest BCUT2D eigenvalue weighted by molar-refractivity contribution is 0.652. The molecule has 0 spiro atoms. The Balaban J connectivity index is 1.18. The fourth-order valence-electron chi connectivity index (χ4n) is 10.2. The lowest BCUT2D eigenvalue weighted by atomic mass is 9.78. The summed E-state index contributed by atoms with van der Waals surface area (Å²) in [5.74, 6) is 0. The van der Waals surface area contributed by atoms with Crippen molar-refractivity contribution in [3.8, 4) is 55.6 Å². The molecule has 0 fully saturated rings. The van der Waals surface area contributed by atoms with Gasteiger partial charge in [0, 0.05) is 10.8 Å². The van der Waals surface area contributed by atoms with Crippen LogP contribution in [0.25, 0.3) is 88.0 Å². The Bertz CT molecular complexity index is 2950. The van der Waals surface area contributed by atoms with Crippen LogP contribution in [0.5, 0.6) is 0 Å². The Morgan fingerprint density at radius 1 is 0.259 bits per heavy atom. The summed E-state index contributed by atoms with van der Waals surface area (Å²) in [5, 5.41) is 7.77. The third-order valence-electron chi connectivity index (χ3n) is 12.9. The molecule has 9 aromatic rings. The van der Waals surface area contributed by atoms with Gasteiger partial charge in [0.15, 0.2) is 0 Å². The zero-order chi connectivity index (χ0) is 36.3. The van der Waals surface area contributed by atoms with Crippen molar-refractivity contribution in [2.24, 2.45) is 0 Å². The van der Waals surface area contributed by atoms with Crippen LogP contribution < -0.4 is 0 Å². The number of fused-ring (bicyclic) bond motifs is 10. The SMILES string of the molecule is CC1(C)c2ccccc2-c2cc3c(cc21)-c1c(cc(-c2c4ccccc4c(-c4ccc(-c5ccccc5)cc4)c4ccccc24)c2ccccc12)C3(C)C. The molecule has 0 unspecified atom stereocenters.